The Labute approximate surface area is 131 Å². The normalized spacial score (nSPS) is 29.6. The van der Waals surface area contributed by atoms with Crippen molar-refractivity contribution in [2.24, 2.45) is 10.9 Å². The van der Waals surface area contributed by atoms with Gasteiger partial charge in [-0.05, 0) is 25.2 Å². The molecular formula is C15H25N5O2. The molecule has 0 spiro atoms. The van der Waals surface area contributed by atoms with Crippen molar-refractivity contribution < 1.29 is 9.59 Å². The highest BCUT2D eigenvalue weighted by atomic mass is 16.2. The molecule has 7 heteroatoms. The number of piperidine rings is 1. The minimum absolute atomic E-state index is 0.231. The van der Waals surface area contributed by atoms with Gasteiger partial charge in [0.25, 0.3) is 5.91 Å². The lowest BCUT2D eigenvalue weighted by Gasteiger charge is -2.39. The predicted octanol–water partition coefficient (Wildman–Crippen LogP) is 0.676. The Morgan fingerprint density at radius 1 is 1.27 bits per heavy atom. The van der Waals surface area contributed by atoms with Gasteiger partial charge in [-0.25, -0.2) is 9.79 Å². The molecule has 3 aliphatic rings. The number of aliphatic imine (C=N–C) groups is 1. The topological polar surface area (TPSA) is 68.2 Å². The number of guanidine groups is 1. The zero-order chi connectivity index (χ0) is 15.9. The smallest absolute Gasteiger partial charge is 0.325 e. The van der Waals surface area contributed by atoms with Crippen LogP contribution in [-0.4, -0.2) is 71.5 Å². The molecule has 0 aliphatic carbocycles. The van der Waals surface area contributed by atoms with E-state index in [1.54, 1.807) is 7.05 Å². The first-order valence-electron chi connectivity index (χ1n) is 8.20. The Morgan fingerprint density at radius 3 is 2.59 bits per heavy atom. The van der Waals surface area contributed by atoms with Crippen molar-refractivity contribution in [3.63, 3.8) is 0 Å². The number of rotatable bonds is 2. The van der Waals surface area contributed by atoms with Gasteiger partial charge in [0.2, 0.25) is 0 Å². The number of urea groups is 1. The standard InChI is InChI=1S/C15H25N5O2/c1-4-7-20-11-12(18(3)15(22)17-13(11)21)16-14(20)19-8-5-10(2)6-9-19/h10-12H,4-9H2,1-3H3,(H,17,21,22). The molecule has 0 aromatic heterocycles. The van der Waals surface area contributed by atoms with Crippen LogP contribution >= 0.6 is 0 Å². The summed E-state index contributed by atoms with van der Waals surface area (Å²) in [5, 5.41) is 2.43. The van der Waals surface area contributed by atoms with Gasteiger partial charge in [-0.15, -0.1) is 0 Å². The van der Waals surface area contributed by atoms with Crippen LogP contribution in [0.3, 0.4) is 0 Å². The van der Waals surface area contributed by atoms with Crippen molar-refractivity contribution in [3.05, 3.63) is 0 Å². The minimum Gasteiger partial charge on any atom is -0.343 e. The number of likely N-dealkylation sites (tertiary alicyclic amines) is 1. The van der Waals surface area contributed by atoms with Crippen molar-refractivity contribution in [2.75, 3.05) is 26.7 Å². The molecule has 3 rings (SSSR count). The molecule has 3 heterocycles. The minimum atomic E-state index is -0.401. The van der Waals surface area contributed by atoms with Crippen LogP contribution < -0.4 is 5.32 Å². The van der Waals surface area contributed by atoms with Crippen molar-refractivity contribution in [1.29, 1.82) is 0 Å². The molecule has 22 heavy (non-hydrogen) atoms. The molecule has 2 atom stereocenters. The highest BCUT2D eigenvalue weighted by molar-refractivity contribution is 6.03. The number of carbonyl (C=O) groups excluding carboxylic acids is 2. The van der Waals surface area contributed by atoms with E-state index in [-0.39, 0.29) is 11.9 Å². The molecule has 2 unspecified atom stereocenters. The predicted molar refractivity (Wildman–Crippen MR) is 83.3 cm³/mol. The van der Waals surface area contributed by atoms with E-state index in [0.717, 1.165) is 50.8 Å². The number of nitrogens with zero attached hydrogens (tertiary/aromatic N) is 4. The first kappa shape index (κ1) is 15.1. The summed E-state index contributed by atoms with van der Waals surface area (Å²) in [6, 6.07) is -0.753. The summed E-state index contributed by atoms with van der Waals surface area (Å²) >= 11 is 0. The van der Waals surface area contributed by atoms with Crippen LogP contribution in [0.5, 0.6) is 0 Å². The maximum Gasteiger partial charge on any atom is 0.325 e. The number of hydrogen-bond donors (Lipinski definition) is 1. The third kappa shape index (κ3) is 2.42. The summed E-state index contributed by atoms with van der Waals surface area (Å²) in [7, 11) is 1.70. The second-order valence-electron chi connectivity index (χ2n) is 6.56. The molecule has 0 radical (unpaired) electrons. The van der Waals surface area contributed by atoms with Gasteiger partial charge in [0.1, 0.15) is 0 Å². The molecule has 3 amide bonds. The van der Waals surface area contributed by atoms with Crippen LogP contribution in [0.1, 0.15) is 33.1 Å². The average molecular weight is 307 g/mol. The molecule has 7 nitrogen and oxygen atoms in total. The Kier molecular flexibility index (Phi) is 3.97. The first-order chi connectivity index (χ1) is 10.5. The van der Waals surface area contributed by atoms with Gasteiger partial charge in [-0.3, -0.25) is 10.1 Å². The summed E-state index contributed by atoms with van der Waals surface area (Å²) in [4.78, 5) is 34.8. The van der Waals surface area contributed by atoms with Crippen LogP contribution in [0.4, 0.5) is 4.79 Å². The molecule has 2 saturated heterocycles. The van der Waals surface area contributed by atoms with Gasteiger partial charge in [-0.1, -0.05) is 13.8 Å². The number of likely N-dealkylation sites (N-methyl/N-ethyl adjacent to an activating group) is 1. The summed E-state index contributed by atoms with van der Waals surface area (Å²) in [5.41, 5.74) is 0. The summed E-state index contributed by atoms with van der Waals surface area (Å²) in [6.45, 7) is 7.09. The van der Waals surface area contributed by atoms with Crippen molar-refractivity contribution in [1.82, 2.24) is 20.0 Å². The van der Waals surface area contributed by atoms with Crippen LogP contribution in [0.15, 0.2) is 4.99 Å². The third-order valence-electron chi connectivity index (χ3n) is 4.87. The van der Waals surface area contributed by atoms with E-state index in [1.165, 1.54) is 4.90 Å². The molecule has 0 aromatic rings. The quantitative estimate of drug-likeness (QED) is 0.814. The Bertz CT molecular complexity index is 498. The lowest BCUT2D eigenvalue weighted by molar-refractivity contribution is -0.127. The van der Waals surface area contributed by atoms with Gasteiger partial charge in [0.15, 0.2) is 18.2 Å². The first-order valence-corrected chi connectivity index (χ1v) is 8.20. The lowest BCUT2D eigenvalue weighted by atomic mass is 9.99. The van der Waals surface area contributed by atoms with Crippen molar-refractivity contribution in [2.45, 2.75) is 45.3 Å². The molecule has 0 bridgehead atoms. The maximum absolute atomic E-state index is 12.3. The molecule has 0 aromatic carbocycles. The fraction of sp³-hybridized carbons (Fsp3) is 0.800. The van der Waals surface area contributed by atoms with Gasteiger partial charge >= 0.3 is 6.03 Å². The van der Waals surface area contributed by atoms with Gasteiger partial charge in [0, 0.05) is 26.7 Å². The van der Waals surface area contributed by atoms with E-state index in [0.29, 0.717) is 0 Å². The lowest BCUT2D eigenvalue weighted by Crippen LogP contribution is -2.64. The SMILES string of the molecule is CCCN1C(N2CCC(C)CC2)=NC2C1C(=O)NC(=O)N2C. The molecule has 0 saturated carbocycles. The highest BCUT2D eigenvalue weighted by Crippen LogP contribution is 2.27. The van der Waals surface area contributed by atoms with E-state index in [9.17, 15) is 9.59 Å². The van der Waals surface area contributed by atoms with E-state index < -0.39 is 12.2 Å². The van der Waals surface area contributed by atoms with E-state index in [2.05, 4.69) is 29.0 Å². The van der Waals surface area contributed by atoms with E-state index in [1.807, 2.05) is 0 Å². The monoisotopic (exact) mass is 307 g/mol. The summed E-state index contributed by atoms with van der Waals surface area (Å²) < 4.78 is 0. The van der Waals surface area contributed by atoms with Gasteiger partial charge in [-0.2, -0.15) is 0 Å². The number of hydrogen-bond acceptors (Lipinski definition) is 5. The fourth-order valence-corrected chi connectivity index (χ4v) is 3.46. The second kappa shape index (κ2) is 5.78. The van der Waals surface area contributed by atoms with Crippen LogP contribution in [0.25, 0.3) is 0 Å². The van der Waals surface area contributed by atoms with E-state index >= 15 is 0 Å². The number of nitrogens with one attached hydrogen (secondary N) is 1. The number of amides is 3. The molecular weight excluding hydrogens is 282 g/mol. The molecule has 1 N–H and O–H groups in total. The highest BCUT2D eigenvalue weighted by Gasteiger charge is 2.49. The molecule has 3 aliphatic heterocycles. The number of imide groups is 1. The molecule has 2 fully saturated rings. The van der Waals surface area contributed by atoms with E-state index in [4.69, 9.17) is 4.99 Å². The third-order valence-corrected chi connectivity index (χ3v) is 4.87. The Balaban J connectivity index is 1.87. The van der Waals surface area contributed by atoms with Crippen LogP contribution in [-0.2, 0) is 4.79 Å². The molecule has 122 valence electrons. The zero-order valence-electron chi connectivity index (χ0n) is 13.6. The van der Waals surface area contributed by atoms with Crippen molar-refractivity contribution in [3.8, 4) is 0 Å². The number of carbonyl (C=O) groups is 2. The van der Waals surface area contributed by atoms with Gasteiger partial charge < -0.3 is 14.7 Å². The summed E-state index contributed by atoms with van der Waals surface area (Å²) in [6.07, 6.45) is 2.84. The van der Waals surface area contributed by atoms with Crippen LogP contribution in [0, 0.1) is 5.92 Å². The fourth-order valence-electron chi connectivity index (χ4n) is 3.46. The summed E-state index contributed by atoms with van der Waals surface area (Å²) in [5.74, 6) is 1.40. The average Bonchev–Trinajstić information content (AvgIpc) is 2.86. The number of fused-ring (bicyclic) bond motifs is 1. The zero-order valence-corrected chi connectivity index (χ0v) is 13.6. The Hall–Kier alpha value is -1.79. The van der Waals surface area contributed by atoms with Gasteiger partial charge in [0.05, 0.1) is 0 Å². The Morgan fingerprint density at radius 2 is 1.95 bits per heavy atom. The van der Waals surface area contributed by atoms with Crippen molar-refractivity contribution >= 4 is 17.9 Å². The maximum atomic E-state index is 12.3. The largest absolute Gasteiger partial charge is 0.343 e. The second-order valence-corrected chi connectivity index (χ2v) is 6.56. The van der Waals surface area contributed by atoms with Crippen LogP contribution in [0.2, 0.25) is 0 Å².